The van der Waals surface area contributed by atoms with Gasteiger partial charge >= 0.3 is 5.69 Å². The van der Waals surface area contributed by atoms with E-state index in [2.05, 4.69) is 10.4 Å². The SMILES string of the molecule is CCNC(Cn1ncn(C)c1=O)c1ccccc1OCC. The summed E-state index contributed by atoms with van der Waals surface area (Å²) < 4.78 is 8.62. The standard InChI is InChI=1S/C15H22N4O2/c1-4-16-13(10-19-15(20)18(3)11-17-19)12-8-6-7-9-14(12)21-5-2/h6-9,11,13,16H,4-5,10H2,1-3H3. The van der Waals surface area contributed by atoms with Crippen LogP contribution in [0.25, 0.3) is 0 Å². The second-order valence-electron chi connectivity index (χ2n) is 4.79. The molecule has 0 aliphatic heterocycles. The molecular weight excluding hydrogens is 268 g/mol. The predicted octanol–water partition coefficient (Wildman–Crippen LogP) is 1.33. The van der Waals surface area contributed by atoms with Crippen molar-refractivity contribution >= 4 is 0 Å². The lowest BCUT2D eigenvalue weighted by atomic mass is 10.1. The Morgan fingerprint density at radius 1 is 1.33 bits per heavy atom. The molecule has 1 heterocycles. The van der Waals surface area contributed by atoms with Crippen molar-refractivity contribution in [2.45, 2.75) is 26.4 Å². The zero-order valence-corrected chi connectivity index (χ0v) is 12.7. The molecule has 21 heavy (non-hydrogen) atoms. The highest BCUT2D eigenvalue weighted by atomic mass is 16.5. The van der Waals surface area contributed by atoms with Gasteiger partial charge in [-0.1, -0.05) is 25.1 Å². The predicted molar refractivity (Wildman–Crippen MR) is 81.5 cm³/mol. The van der Waals surface area contributed by atoms with Gasteiger partial charge < -0.3 is 10.1 Å². The highest BCUT2D eigenvalue weighted by Crippen LogP contribution is 2.25. The van der Waals surface area contributed by atoms with Gasteiger partial charge in [0.25, 0.3) is 0 Å². The molecule has 1 aromatic heterocycles. The Bertz CT molecular complexity index is 633. The summed E-state index contributed by atoms with van der Waals surface area (Å²) in [6.45, 7) is 5.88. The van der Waals surface area contributed by atoms with E-state index < -0.39 is 0 Å². The van der Waals surface area contributed by atoms with Gasteiger partial charge in [0.1, 0.15) is 12.1 Å². The number of hydrogen-bond donors (Lipinski definition) is 1. The maximum atomic E-state index is 12.0. The number of para-hydroxylation sites is 1. The minimum atomic E-state index is -0.119. The summed E-state index contributed by atoms with van der Waals surface area (Å²) >= 11 is 0. The van der Waals surface area contributed by atoms with Gasteiger partial charge in [-0.2, -0.15) is 5.10 Å². The molecule has 0 amide bonds. The lowest BCUT2D eigenvalue weighted by Gasteiger charge is -2.20. The van der Waals surface area contributed by atoms with Gasteiger partial charge in [0.15, 0.2) is 0 Å². The minimum absolute atomic E-state index is 0.0228. The van der Waals surface area contributed by atoms with Crippen LogP contribution in [0.4, 0.5) is 0 Å². The summed E-state index contributed by atoms with van der Waals surface area (Å²) in [5, 5.41) is 7.52. The molecule has 0 spiro atoms. The van der Waals surface area contributed by atoms with Gasteiger partial charge in [0.2, 0.25) is 0 Å². The van der Waals surface area contributed by atoms with E-state index in [-0.39, 0.29) is 11.7 Å². The number of benzene rings is 1. The van der Waals surface area contributed by atoms with E-state index in [9.17, 15) is 4.79 Å². The van der Waals surface area contributed by atoms with E-state index in [1.54, 1.807) is 7.05 Å². The Morgan fingerprint density at radius 3 is 2.71 bits per heavy atom. The minimum Gasteiger partial charge on any atom is -0.494 e. The fourth-order valence-electron chi connectivity index (χ4n) is 2.29. The molecule has 2 rings (SSSR count). The Labute approximate surface area is 124 Å². The number of nitrogens with zero attached hydrogens (tertiary/aromatic N) is 3. The molecule has 0 aliphatic carbocycles. The van der Waals surface area contributed by atoms with Gasteiger partial charge in [-0.25, -0.2) is 9.48 Å². The molecule has 1 atom stereocenters. The van der Waals surface area contributed by atoms with Gasteiger partial charge in [-0.05, 0) is 19.5 Å². The summed E-state index contributed by atoms with van der Waals surface area (Å²) in [5.74, 6) is 0.843. The van der Waals surface area contributed by atoms with Crippen LogP contribution in [0.15, 0.2) is 35.4 Å². The third-order valence-electron chi connectivity index (χ3n) is 3.29. The first-order valence-electron chi connectivity index (χ1n) is 7.20. The van der Waals surface area contributed by atoms with Crippen molar-refractivity contribution in [3.63, 3.8) is 0 Å². The summed E-state index contributed by atoms with van der Waals surface area (Å²) in [6, 6.07) is 7.87. The first-order chi connectivity index (χ1) is 10.2. The maximum absolute atomic E-state index is 12.0. The largest absolute Gasteiger partial charge is 0.494 e. The number of hydrogen-bond acceptors (Lipinski definition) is 4. The van der Waals surface area contributed by atoms with Crippen molar-refractivity contribution < 1.29 is 4.74 Å². The molecule has 0 saturated heterocycles. The Kier molecular flexibility index (Phi) is 5.16. The van der Waals surface area contributed by atoms with Crippen molar-refractivity contribution in [2.24, 2.45) is 7.05 Å². The van der Waals surface area contributed by atoms with Crippen LogP contribution in [0.2, 0.25) is 0 Å². The van der Waals surface area contributed by atoms with Crippen molar-refractivity contribution in [1.29, 1.82) is 0 Å². The summed E-state index contributed by atoms with van der Waals surface area (Å²) in [6.07, 6.45) is 1.53. The number of ether oxygens (including phenoxy) is 1. The first kappa shape index (κ1) is 15.3. The average molecular weight is 290 g/mol. The second kappa shape index (κ2) is 7.08. The zero-order chi connectivity index (χ0) is 15.2. The van der Waals surface area contributed by atoms with Crippen LogP contribution in [0.5, 0.6) is 5.75 Å². The molecule has 2 aromatic rings. The third-order valence-corrected chi connectivity index (χ3v) is 3.29. The summed E-state index contributed by atoms with van der Waals surface area (Å²) in [4.78, 5) is 12.0. The van der Waals surface area contributed by atoms with Gasteiger partial charge in [-0.3, -0.25) is 4.57 Å². The lowest BCUT2D eigenvalue weighted by Crippen LogP contribution is -2.31. The van der Waals surface area contributed by atoms with Crippen molar-refractivity contribution in [3.05, 3.63) is 46.6 Å². The van der Waals surface area contributed by atoms with E-state index in [4.69, 9.17) is 4.74 Å². The van der Waals surface area contributed by atoms with Crippen molar-refractivity contribution in [3.8, 4) is 5.75 Å². The number of likely N-dealkylation sites (N-methyl/N-ethyl adjacent to an activating group) is 1. The fraction of sp³-hybridized carbons (Fsp3) is 0.467. The van der Waals surface area contributed by atoms with Crippen LogP contribution in [0, 0.1) is 0 Å². The summed E-state index contributed by atoms with van der Waals surface area (Å²) in [5.41, 5.74) is 0.922. The van der Waals surface area contributed by atoms with E-state index in [0.717, 1.165) is 17.9 Å². The van der Waals surface area contributed by atoms with E-state index in [1.807, 2.05) is 38.1 Å². The molecule has 0 bridgehead atoms. The third kappa shape index (κ3) is 3.52. The van der Waals surface area contributed by atoms with Crippen LogP contribution >= 0.6 is 0 Å². The molecule has 6 nitrogen and oxygen atoms in total. The van der Waals surface area contributed by atoms with Crippen LogP contribution in [0.1, 0.15) is 25.5 Å². The molecule has 1 aromatic carbocycles. The highest BCUT2D eigenvalue weighted by molar-refractivity contribution is 5.35. The molecule has 1 unspecified atom stereocenters. The Balaban J connectivity index is 2.30. The van der Waals surface area contributed by atoms with Gasteiger partial charge in [-0.15, -0.1) is 0 Å². The van der Waals surface area contributed by atoms with Crippen LogP contribution < -0.4 is 15.7 Å². The lowest BCUT2D eigenvalue weighted by molar-refractivity contribution is 0.326. The molecule has 114 valence electrons. The smallest absolute Gasteiger partial charge is 0.345 e. The van der Waals surface area contributed by atoms with Crippen LogP contribution in [-0.4, -0.2) is 27.5 Å². The Hall–Kier alpha value is -2.08. The number of nitrogens with one attached hydrogen (secondary N) is 1. The highest BCUT2D eigenvalue weighted by Gasteiger charge is 2.17. The zero-order valence-electron chi connectivity index (χ0n) is 12.7. The topological polar surface area (TPSA) is 61.1 Å². The second-order valence-corrected chi connectivity index (χ2v) is 4.79. The molecule has 1 N–H and O–H groups in total. The number of rotatable bonds is 7. The van der Waals surface area contributed by atoms with Crippen LogP contribution in [0.3, 0.4) is 0 Å². The van der Waals surface area contributed by atoms with Crippen LogP contribution in [-0.2, 0) is 13.6 Å². The molecular formula is C15H22N4O2. The first-order valence-corrected chi connectivity index (χ1v) is 7.20. The van der Waals surface area contributed by atoms with Crippen molar-refractivity contribution in [2.75, 3.05) is 13.2 Å². The molecule has 0 fully saturated rings. The fourth-order valence-corrected chi connectivity index (χ4v) is 2.29. The maximum Gasteiger partial charge on any atom is 0.345 e. The number of aryl methyl sites for hydroxylation is 1. The van der Waals surface area contributed by atoms with E-state index in [1.165, 1.54) is 15.6 Å². The van der Waals surface area contributed by atoms with Gasteiger partial charge in [0.05, 0.1) is 19.2 Å². The quantitative estimate of drug-likeness (QED) is 0.836. The van der Waals surface area contributed by atoms with E-state index >= 15 is 0 Å². The molecule has 0 aliphatic rings. The molecule has 0 saturated carbocycles. The monoisotopic (exact) mass is 290 g/mol. The Morgan fingerprint density at radius 2 is 2.10 bits per heavy atom. The summed E-state index contributed by atoms with van der Waals surface area (Å²) in [7, 11) is 1.70. The molecule has 6 heteroatoms. The normalized spacial score (nSPS) is 12.3. The molecule has 0 radical (unpaired) electrons. The van der Waals surface area contributed by atoms with Crippen molar-refractivity contribution in [1.82, 2.24) is 19.7 Å². The van der Waals surface area contributed by atoms with E-state index in [0.29, 0.717) is 13.2 Å². The average Bonchev–Trinajstić information content (AvgIpc) is 2.80. The van der Waals surface area contributed by atoms with Gasteiger partial charge in [0, 0.05) is 12.6 Å². The number of aromatic nitrogens is 3.